The van der Waals surface area contributed by atoms with Crippen molar-refractivity contribution >= 4 is 39.5 Å². The lowest BCUT2D eigenvalue weighted by molar-refractivity contribution is 0.311. The van der Waals surface area contributed by atoms with E-state index in [1.54, 1.807) is 12.4 Å². The molecule has 0 saturated heterocycles. The fourth-order valence-corrected chi connectivity index (χ4v) is 2.81. The van der Waals surface area contributed by atoms with E-state index in [1.165, 1.54) is 0 Å². The highest BCUT2D eigenvalue weighted by Gasteiger charge is 2.14. The maximum Gasteiger partial charge on any atom is 0.156 e. The van der Waals surface area contributed by atoms with Gasteiger partial charge in [-0.3, -0.25) is 9.98 Å². The summed E-state index contributed by atoms with van der Waals surface area (Å²) in [7, 11) is 0. The molecule has 2 aromatic heterocycles. The number of hydrogen-bond donors (Lipinski definition) is 2. The number of amidine groups is 1. The molecule has 0 saturated carbocycles. The molecule has 2 N–H and O–H groups in total. The Bertz CT molecular complexity index is 948. The molecular weight excluding hydrogens is 290 g/mol. The first-order chi connectivity index (χ1) is 11.4. The molecule has 0 aliphatic carbocycles. The van der Waals surface area contributed by atoms with Crippen molar-refractivity contribution in [2.45, 2.75) is 0 Å². The molecule has 3 aromatic rings. The van der Waals surface area contributed by atoms with Gasteiger partial charge in [0.05, 0.1) is 18.7 Å². The Kier molecular flexibility index (Phi) is 3.44. The van der Waals surface area contributed by atoms with Crippen LogP contribution in [0.4, 0.5) is 5.82 Å². The second-order valence-electron chi connectivity index (χ2n) is 5.21. The topological polar surface area (TPSA) is 82.8 Å². The Labute approximate surface area is 132 Å². The SMILES string of the molecule is OCCNc1nc2c(C3=NCC=N3)cccc2c2cnccc12. The van der Waals surface area contributed by atoms with Crippen LogP contribution in [-0.4, -0.2) is 46.8 Å². The maximum atomic E-state index is 9.10. The molecule has 0 spiro atoms. The molecule has 6 nitrogen and oxygen atoms in total. The first-order valence-electron chi connectivity index (χ1n) is 7.47. The van der Waals surface area contributed by atoms with Crippen LogP contribution < -0.4 is 5.32 Å². The van der Waals surface area contributed by atoms with E-state index in [-0.39, 0.29) is 6.61 Å². The molecule has 0 amide bonds. The summed E-state index contributed by atoms with van der Waals surface area (Å²) in [6, 6.07) is 7.93. The summed E-state index contributed by atoms with van der Waals surface area (Å²) >= 11 is 0. The normalized spacial score (nSPS) is 13.7. The largest absolute Gasteiger partial charge is 0.395 e. The molecule has 114 valence electrons. The summed E-state index contributed by atoms with van der Waals surface area (Å²) in [5.74, 6) is 1.44. The summed E-state index contributed by atoms with van der Waals surface area (Å²) in [4.78, 5) is 17.8. The Balaban J connectivity index is 2.04. The molecule has 1 aromatic carbocycles. The average Bonchev–Trinajstić information content (AvgIpc) is 3.13. The third-order valence-corrected chi connectivity index (χ3v) is 3.81. The van der Waals surface area contributed by atoms with Crippen molar-refractivity contribution in [3.8, 4) is 0 Å². The molecule has 0 bridgehead atoms. The Hall–Kier alpha value is -2.86. The van der Waals surface area contributed by atoms with Gasteiger partial charge in [0.1, 0.15) is 5.82 Å². The van der Waals surface area contributed by atoms with Crippen molar-refractivity contribution < 1.29 is 5.11 Å². The van der Waals surface area contributed by atoms with Crippen LogP contribution in [0.1, 0.15) is 5.56 Å². The Morgan fingerprint density at radius 3 is 2.91 bits per heavy atom. The smallest absolute Gasteiger partial charge is 0.156 e. The predicted octanol–water partition coefficient (Wildman–Crippen LogP) is 2.02. The molecule has 1 aliphatic heterocycles. The number of nitrogens with zero attached hydrogens (tertiary/aromatic N) is 4. The number of anilines is 1. The van der Waals surface area contributed by atoms with Crippen molar-refractivity contribution in [1.82, 2.24) is 9.97 Å². The summed E-state index contributed by atoms with van der Waals surface area (Å²) < 4.78 is 0. The van der Waals surface area contributed by atoms with Crippen molar-refractivity contribution in [1.29, 1.82) is 0 Å². The molecular formula is C17H15N5O. The van der Waals surface area contributed by atoms with Crippen LogP contribution in [0.5, 0.6) is 0 Å². The monoisotopic (exact) mass is 305 g/mol. The Morgan fingerprint density at radius 2 is 2.09 bits per heavy atom. The van der Waals surface area contributed by atoms with Crippen molar-refractivity contribution in [3.05, 3.63) is 42.2 Å². The number of rotatable bonds is 4. The number of pyridine rings is 2. The number of fused-ring (bicyclic) bond motifs is 3. The van der Waals surface area contributed by atoms with Gasteiger partial charge in [0, 0.05) is 46.9 Å². The van der Waals surface area contributed by atoms with E-state index in [0.29, 0.717) is 18.9 Å². The van der Waals surface area contributed by atoms with E-state index in [9.17, 15) is 0 Å². The fraction of sp³-hybridized carbons (Fsp3) is 0.176. The fourth-order valence-electron chi connectivity index (χ4n) is 2.81. The van der Waals surface area contributed by atoms with E-state index in [1.807, 2.05) is 30.5 Å². The third kappa shape index (κ3) is 2.33. The van der Waals surface area contributed by atoms with Crippen LogP contribution in [0.25, 0.3) is 21.7 Å². The van der Waals surface area contributed by atoms with Gasteiger partial charge in [0.15, 0.2) is 5.84 Å². The van der Waals surface area contributed by atoms with Crippen LogP contribution in [-0.2, 0) is 0 Å². The minimum Gasteiger partial charge on any atom is -0.395 e. The summed E-state index contributed by atoms with van der Waals surface area (Å²) in [5, 5.41) is 15.3. The number of aliphatic imine (C=N–C) groups is 2. The lowest BCUT2D eigenvalue weighted by Gasteiger charge is -2.12. The van der Waals surface area contributed by atoms with E-state index >= 15 is 0 Å². The molecule has 23 heavy (non-hydrogen) atoms. The van der Waals surface area contributed by atoms with Gasteiger partial charge in [0.25, 0.3) is 0 Å². The Morgan fingerprint density at radius 1 is 1.13 bits per heavy atom. The van der Waals surface area contributed by atoms with Crippen LogP contribution in [0, 0.1) is 0 Å². The van der Waals surface area contributed by atoms with Gasteiger partial charge in [-0.15, -0.1) is 0 Å². The van der Waals surface area contributed by atoms with Gasteiger partial charge in [0.2, 0.25) is 0 Å². The standard InChI is InChI=1S/C17H15N5O/c23-9-8-21-17-12-4-5-18-10-14(12)11-2-1-3-13(15(11)22-17)16-19-6-7-20-16/h1-6,10,23H,7-9H2,(H,21,22). The van der Waals surface area contributed by atoms with Crippen LogP contribution in [0.15, 0.2) is 46.6 Å². The van der Waals surface area contributed by atoms with Gasteiger partial charge in [-0.05, 0) is 12.1 Å². The minimum absolute atomic E-state index is 0.0466. The summed E-state index contributed by atoms with van der Waals surface area (Å²) in [6.45, 7) is 1.10. The number of para-hydroxylation sites is 1. The van der Waals surface area contributed by atoms with Crippen LogP contribution >= 0.6 is 0 Å². The van der Waals surface area contributed by atoms with Crippen molar-refractivity contribution in [3.63, 3.8) is 0 Å². The second-order valence-corrected chi connectivity index (χ2v) is 5.21. The van der Waals surface area contributed by atoms with Gasteiger partial charge in [-0.1, -0.05) is 12.1 Å². The highest BCUT2D eigenvalue weighted by molar-refractivity contribution is 6.18. The zero-order valence-electron chi connectivity index (χ0n) is 12.4. The van der Waals surface area contributed by atoms with Crippen LogP contribution in [0.3, 0.4) is 0 Å². The number of aliphatic hydroxyl groups excluding tert-OH is 1. The minimum atomic E-state index is 0.0466. The number of benzene rings is 1. The van der Waals surface area contributed by atoms with E-state index in [4.69, 9.17) is 10.1 Å². The third-order valence-electron chi connectivity index (χ3n) is 3.81. The number of hydrogen-bond acceptors (Lipinski definition) is 6. The molecule has 6 heteroatoms. The highest BCUT2D eigenvalue weighted by atomic mass is 16.3. The molecule has 0 atom stereocenters. The lowest BCUT2D eigenvalue weighted by Crippen LogP contribution is -2.08. The summed E-state index contributed by atoms with van der Waals surface area (Å²) in [6.07, 6.45) is 5.38. The van der Waals surface area contributed by atoms with Gasteiger partial charge < -0.3 is 10.4 Å². The van der Waals surface area contributed by atoms with Crippen molar-refractivity contribution in [2.75, 3.05) is 25.0 Å². The first-order valence-corrected chi connectivity index (χ1v) is 7.47. The van der Waals surface area contributed by atoms with Gasteiger partial charge in [-0.25, -0.2) is 9.98 Å². The van der Waals surface area contributed by atoms with Crippen molar-refractivity contribution in [2.24, 2.45) is 9.98 Å². The molecule has 0 radical (unpaired) electrons. The molecule has 3 heterocycles. The lowest BCUT2D eigenvalue weighted by atomic mass is 10.0. The van der Waals surface area contributed by atoms with E-state index in [0.717, 1.165) is 33.1 Å². The molecule has 1 aliphatic rings. The molecule has 0 fully saturated rings. The number of aliphatic hydroxyl groups is 1. The first kappa shape index (κ1) is 13.8. The quantitative estimate of drug-likeness (QED) is 0.722. The zero-order chi connectivity index (χ0) is 15.6. The predicted molar refractivity (Wildman–Crippen MR) is 92.5 cm³/mol. The second kappa shape index (κ2) is 5.73. The average molecular weight is 305 g/mol. The van der Waals surface area contributed by atoms with Crippen LogP contribution in [0.2, 0.25) is 0 Å². The number of nitrogens with one attached hydrogen (secondary N) is 1. The van der Waals surface area contributed by atoms with E-state index < -0.39 is 0 Å². The van der Waals surface area contributed by atoms with E-state index in [2.05, 4.69) is 20.3 Å². The zero-order valence-corrected chi connectivity index (χ0v) is 12.4. The highest BCUT2D eigenvalue weighted by Crippen LogP contribution is 2.30. The molecule has 0 unspecified atom stereocenters. The maximum absolute atomic E-state index is 9.10. The summed E-state index contributed by atoms with van der Waals surface area (Å²) in [5.41, 5.74) is 1.75. The van der Waals surface area contributed by atoms with Gasteiger partial charge in [-0.2, -0.15) is 0 Å². The molecule has 4 rings (SSSR count). The van der Waals surface area contributed by atoms with Gasteiger partial charge >= 0.3 is 0 Å². The number of aromatic nitrogens is 2.